The van der Waals surface area contributed by atoms with Gasteiger partial charge in [0.05, 0.1) is 6.10 Å². The summed E-state index contributed by atoms with van der Waals surface area (Å²) < 4.78 is 28.7. The van der Waals surface area contributed by atoms with Crippen molar-refractivity contribution >= 4 is 10.0 Å². The molecule has 94 valence electrons. The van der Waals surface area contributed by atoms with Crippen LogP contribution in [0.1, 0.15) is 31.2 Å². The van der Waals surface area contributed by atoms with Gasteiger partial charge in [-0.25, -0.2) is 13.6 Å². The van der Waals surface area contributed by atoms with Crippen molar-refractivity contribution in [2.24, 2.45) is 5.14 Å². The molecule has 5 heteroatoms. The van der Waals surface area contributed by atoms with E-state index in [2.05, 4.69) is 0 Å². The number of nitrogens with two attached hydrogens (primary N) is 1. The normalized spacial score (nSPS) is 17.3. The molecule has 1 fully saturated rings. The third kappa shape index (κ3) is 2.98. The predicted octanol–water partition coefficient (Wildman–Crippen LogP) is 1.96. The SMILES string of the molecule is Cc1ccc(OC2CCCC2)c(S(N)(=O)=O)c1. The Bertz CT molecular complexity index is 504. The maximum absolute atomic E-state index is 11.5. The molecule has 1 saturated carbocycles. The minimum Gasteiger partial charge on any atom is -0.489 e. The second-order valence-electron chi connectivity index (χ2n) is 4.52. The smallest absolute Gasteiger partial charge is 0.241 e. The average Bonchev–Trinajstić information content (AvgIpc) is 2.72. The largest absolute Gasteiger partial charge is 0.489 e. The van der Waals surface area contributed by atoms with E-state index < -0.39 is 10.0 Å². The van der Waals surface area contributed by atoms with Crippen molar-refractivity contribution in [3.63, 3.8) is 0 Å². The van der Waals surface area contributed by atoms with Crippen molar-refractivity contribution < 1.29 is 13.2 Å². The van der Waals surface area contributed by atoms with Crippen LogP contribution in [0.5, 0.6) is 5.75 Å². The maximum atomic E-state index is 11.5. The van der Waals surface area contributed by atoms with Crippen molar-refractivity contribution in [2.45, 2.75) is 43.6 Å². The fraction of sp³-hybridized carbons (Fsp3) is 0.500. The van der Waals surface area contributed by atoms with E-state index in [0.717, 1.165) is 31.2 Å². The lowest BCUT2D eigenvalue weighted by atomic mass is 10.2. The van der Waals surface area contributed by atoms with Gasteiger partial charge in [0.2, 0.25) is 10.0 Å². The number of sulfonamides is 1. The molecule has 0 spiro atoms. The number of primary sulfonamides is 1. The first-order valence-corrected chi connectivity index (χ1v) is 7.31. The highest BCUT2D eigenvalue weighted by Crippen LogP contribution is 2.29. The van der Waals surface area contributed by atoms with Gasteiger partial charge in [-0.15, -0.1) is 0 Å². The number of hydrogen-bond acceptors (Lipinski definition) is 3. The van der Waals surface area contributed by atoms with Crippen molar-refractivity contribution in [3.05, 3.63) is 23.8 Å². The van der Waals surface area contributed by atoms with Gasteiger partial charge in [0.25, 0.3) is 0 Å². The Morgan fingerprint density at radius 1 is 1.29 bits per heavy atom. The van der Waals surface area contributed by atoms with E-state index in [1.807, 2.05) is 13.0 Å². The van der Waals surface area contributed by atoms with Crippen LogP contribution < -0.4 is 9.88 Å². The van der Waals surface area contributed by atoms with E-state index in [1.54, 1.807) is 12.1 Å². The van der Waals surface area contributed by atoms with Crippen LogP contribution in [0.25, 0.3) is 0 Å². The molecule has 0 radical (unpaired) electrons. The molecule has 1 aromatic carbocycles. The van der Waals surface area contributed by atoms with E-state index >= 15 is 0 Å². The molecule has 2 N–H and O–H groups in total. The molecule has 0 aliphatic heterocycles. The summed E-state index contributed by atoms with van der Waals surface area (Å²) in [5.41, 5.74) is 0.854. The Kier molecular flexibility index (Phi) is 3.40. The number of ether oxygens (including phenoxy) is 1. The quantitative estimate of drug-likeness (QED) is 0.897. The molecule has 0 amide bonds. The summed E-state index contributed by atoms with van der Waals surface area (Å²) in [7, 11) is -3.72. The zero-order valence-corrected chi connectivity index (χ0v) is 10.7. The highest BCUT2D eigenvalue weighted by molar-refractivity contribution is 7.89. The summed E-state index contributed by atoms with van der Waals surface area (Å²) in [5, 5.41) is 5.19. The summed E-state index contributed by atoms with van der Waals surface area (Å²) in [6.45, 7) is 1.83. The summed E-state index contributed by atoms with van der Waals surface area (Å²) >= 11 is 0. The van der Waals surface area contributed by atoms with Crippen LogP contribution in [0.15, 0.2) is 23.1 Å². The van der Waals surface area contributed by atoms with Gasteiger partial charge < -0.3 is 4.74 Å². The summed E-state index contributed by atoms with van der Waals surface area (Å²) in [4.78, 5) is 0.0874. The lowest BCUT2D eigenvalue weighted by Gasteiger charge is -2.15. The standard InChI is InChI=1S/C12H17NO3S/c1-9-6-7-11(12(8-9)17(13,14)15)16-10-4-2-3-5-10/h6-8,10H,2-5H2,1H3,(H2,13,14,15). The van der Waals surface area contributed by atoms with Crippen molar-refractivity contribution in [2.75, 3.05) is 0 Å². The van der Waals surface area contributed by atoms with E-state index in [9.17, 15) is 8.42 Å². The molecule has 0 aromatic heterocycles. The van der Waals surface area contributed by atoms with Crippen LogP contribution in [0.3, 0.4) is 0 Å². The third-order valence-corrected chi connectivity index (χ3v) is 3.93. The molecule has 0 unspecified atom stereocenters. The zero-order valence-electron chi connectivity index (χ0n) is 9.85. The Balaban J connectivity index is 2.32. The minimum atomic E-state index is -3.72. The monoisotopic (exact) mass is 255 g/mol. The number of benzene rings is 1. The Labute approximate surface area is 102 Å². The molecule has 0 atom stereocenters. The molecule has 2 rings (SSSR count). The molecule has 1 aliphatic carbocycles. The molecule has 0 saturated heterocycles. The molecule has 4 nitrogen and oxygen atoms in total. The zero-order chi connectivity index (χ0) is 12.5. The molecule has 0 bridgehead atoms. The van der Waals surface area contributed by atoms with Crippen molar-refractivity contribution in [1.82, 2.24) is 0 Å². The highest BCUT2D eigenvalue weighted by Gasteiger charge is 2.21. The molecule has 17 heavy (non-hydrogen) atoms. The van der Waals surface area contributed by atoms with E-state index in [0.29, 0.717) is 5.75 Å². The second kappa shape index (κ2) is 4.66. The molecular formula is C12H17NO3S. The van der Waals surface area contributed by atoms with Crippen LogP contribution >= 0.6 is 0 Å². The number of aryl methyl sites for hydroxylation is 1. The van der Waals surface area contributed by atoms with Gasteiger partial charge in [0.15, 0.2) is 0 Å². The summed E-state index contributed by atoms with van der Waals surface area (Å²) in [6.07, 6.45) is 4.37. The van der Waals surface area contributed by atoms with Gasteiger partial charge in [0, 0.05) is 0 Å². The lowest BCUT2D eigenvalue weighted by Crippen LogP contribution is -2.17. The Morgan fingerprint density at radius 3 is 2.53 bits per heavy atom. The topological polar surface area (TPSA) is 69.4 Å². The van der Waals surface area contributed by atoms with Crippen LogP contribution in [0.4, 0.5) is 0 Å². The van der Waals surface area contributed by atoms with Crippen LogP contribution in [0.2, 0.25) is 0 Å². The van der Waals surface area contributed by atoms with Gasteiger partial charge >= 0.3 is 0 Å². The fourth-order valence-corrected chi connectivity index (χ4v) is 2.87. The molecule has 0 heterocycles. The predicted molar refractivity (Wildman–Crippen MR) is 65.4 cm³/mol. The van der Waals surface area contributed by atoms with Gasteiger partial charge in [0.1, 0.15) is 10.6 Å². The van der Waals surface area contributed by atoms with E-state index in [4.69, 9.17) is 9.88 Å². The van der Waals surface area contributed by atoms with Crippen LogP contribution in [0, 0.1) is 6.92 Å². The summed E-state index contributed by atoms with van der Waals surface area (Å²) in [6, 6.07) is 5.08. The number of hydrogen-bond donors (Lipinski definition) is 1. The first-order valence-electron chi connectivity index (χ1n) is 5.77. The summed E-state index contributed by atoms with van der Waals surface area (Å²) in [5.74, 6) is 0.380. The molecule has 1 aromatic rings. The fourth-order valence-electron chi connectivity index (χ4n) is 2.12. The lowest BCUT2D eigenvalue weighted by molar-refractivity contribution is 0.204. The van der Waals surface area contributed by atoms with Crippen molar-refractivity contribution in [3.8, 4) is 5.75 Å². The highest BCUT2D eigenvalue weighted by atomic mass is 32.2. The van der Waals surface area contributed by atoms with Crippen LogP contribution in [-0.2, 0) is 10.0 Å². The van der Waals surface area contributed by atoms with Crippen molar-refractivity contribution in [1.29, 1.82) is 0 Å². The van der Waals surface area contributed by atoms with E-state index in [-0.39, 0.29) is 11.0 Å². The van der Waals surface area contributed by atoms with Gasteiger partial charge in [-0.3, -0.25) is 0 Å². The first-order chi connectivity index (χ1) is 7.97. The first kappa shape index (κ1) is 12.4. The Hall–Kier alpha value is -1.07. The van der Waals surface area contributed by atoms with Gasteiger partial charge in [-0.05, 0) is 50.3 Å². The van der Waals surface area contributed by atoms with Crippen LogP contribution in [-0.4, -0.2) is 14.5 Å². The molecular weight excluding hydrogens is 238 g/mol. The minimum absolute atomic E-state index is 0.0874. The second-order valence-corrected chi connectivity index (χ2v) is 6.05. The van der Waals surface area contributed by atoms with E-state index in [1.165, 1.54) is 0 Å². The maximum Gasteiger partial charge on any atom is 0.241 e. The third-order valence-electron chi connectivity index (χ3n) is 3.00. The average molecular weight is 255 g/mol. The van der Waals surface area contributed by atoms with Gasteiger partial charge in [-0.2, -0.15) is 0 Å². The number of rotatable bonds is 3. The van der Waals surface area contributed by atoms with Gasteiger partial charge in [-0.1, -0.05) is 6.07 Å². The molecule has 1 aliphatic rings. The Morgan fingerprint density at radius 2 is 1.94 bits per heavy atom.